The van der Waals surface area contributed by atoms with E-state index in [1.807, 2.05) is 0 Å². The fourth-order valence-corrected chi connectivity index (χ4v) is 3.13. The van der Waals surface area contributed by atoms with Gasteiger partial charge >= 0.3 is 7.82 Å². The molecule has 0 bridgehead atoms. The van der Waals surface area contributed by atoms with Gasteiger partial charge < -0.3 is 0 Å². The highest BCUT2D eigenvalue weighted by atomic mass is 80.0. The molecule has 1 atom stereocenters. The minimum atomic E-state index is -3.51. The highest BCUT2D eigenvalue weighted by Gasteiger charge is 2.38. The first-order valence-corrected chi connectivity index (χ1v) is 8.79. The molecule has 1 unspecified atom stereocenters. The van der Waals surface area contributed by atoms with Gasteiger partial charge in [0.1, 0.15) is 0 Å². The molecule has 0 amide bonds. The summed E-state index contributed by atoms with van der Waals surface area (Å²) in [6, 6.07) is 0. The molecule has 0 saturated heterocycles. The summed E-state index contributed by atoms with van der Waals surface area (Å²) in [6.45, 7) is 3.91. The van der Waals surface area contributed by atoms with Crippen LogP contribution in [0.15, 0.2) is 0 Å². The van der Waals surface area contributed by atoms with E-state index in [-0.39, 0.29) is 13.2 Å². The second-order valence-electron chi connectivity index (χ2n) is 2.25. The number of rotatable bonds is 6. The first-order valence-electron chi connectivity index (χ1n) is 4.03. The molecule has 0 radical (unpaired) electrons. The molecule has 0 aliphatic rings. The van der Waals surface area contributed by atoms with E-state index in [4.69, 9.17) is 13.6 Å². The molecule has 0 saturated carbocycles. The standard InChI is InChI=1S/C6H11Br4O4P/c1-3-12-15(11,13-4-2)14-5(7)6(8,9)10/h5H,3-4H2,1-2H3. The van der Waals surface area contributed by atoms with Crippen molar-refractivity contribution in [2.45, 2.75) is 21.0 Å². The van der Waals surface area contributed by atoms with E-state index in [1.165, 1.54) is 0 Å². The normalized spacial score (nSPS) is 15.3. The van der Waals surface area contributed by atoms with Crippen LogP contribution in [-0.4, -0.2) is 20.4 Å². The summed E-state index contributed by atoms with van der Waals surface area (Å²) >= 11 is 12.9. The molecule has 0 fully saturated rings. The van der Waals surface area contributed by atoms with Crippen molar-refractivity contribution in [2.75, 3.05) is 13.2 Å². The van der Waals surface area contributed by atoms with Crippen molar-refractivity contribution in [3.63, 3.8) is 0 Å². The van der Waals surface area contributed by atoms with Gasteiger partial charge in [-0.3, -0.25) is 13.6 Å². The molecule has 92 valence electrons. The Hall–Kier alpha value is 2.03. The van der Waals surface area contributed by atoms with E-state index in [0.29, 0.717) is 0 Å². The van der Waals surface area contributed by atoms with Gasteiger partial charge in [0, 0.05) is 0 Å². The fraction of sp³-hybridized carbons (Fsp3) is 1.00. The van der Waals surface area contributed by atoms with Crippen LogP contribution in [0, 0.1) is 0 Å². The summed E-state index contributed by atoms with van der Waals surface area (Å²) in [5.74, 6) is 0. The SMILES string of the molecule is CCOP(=O)(OCC)OC(Br)C(Br)(Br)Br. The topological polar surface area (TPSA) is 44.8 Å². The Balaban J connectivity index is 4.48. The van der Waals surface area contributed by atoms with Crippen molar-refractivity contribution in [3.8, 4) is 0 Å². The highest BCUT2D eigenvalue weighted by Crippen LogP contribution is 2.55. The van der Waals surface area contributed by atoms with Crippen LogP contribution in [0.5, 0.6) is 0 Å². The molecular weight excluding hydrogens is 487 g/mol. The Morgan fingerprint density at radius 1 is 1.20 bits per heavy atom. The number of phosphoric ester groups is 1. The van der Waals surface area contributed by atoms with Gasteiger partial charge in [0.25, 0.3) is 0 Å². The predicted molar refractivity (Wildman–Crippen MR) is 74.2 cm³/mol. The largest absolute Gasteiger partial charge is 0.475 e. The third-order valence-electron chi connectivity index (χ3n) is 1.05. The lowest BCUT2D eigenvalue weighted by Crippen LogP contribution is -2.20. The first-order chi connectivity index (χ1) is 6.75. The van der Waals surface area contributed by atoms with Gasteiger partial charge in [0.2, 0.25) is 0 Å². The minimum absolute atomic E-state index is 0.247. The molecule has 15 heavy (non-hydrogen) atoms. The molecular formula is C6H11Br4O4P. The lowest BCUT2D eigenvalue weighted by molar-refractivity contribution is 0.118. The van der Waals surface area contributed by atoms with Gasteiger partial charge in [-0.1, -0.05) is 63.7 Å². The Morgan fingerprint density at radius 2 is 1.60 bits per heavy atom. The molecule has 0 spiro atoms. The Morgan fingerprint density at radius 3 is 1.87 bits per heavy atom. The van der Waals surface area contributed by atoms with Gasteiger partial charge in [-0.15, -0.1) is 0 Å². The molecule has 0 heterocycles. The Labute approximate surface area is 123 Å². The second kappa shape index (κ2) is 7.46. The van der Waals surface area contributed by atoms with Crippen LogP contribution < -0.4 is 0 Å². The summed E-state index contributed by atoms with van der Waals surface area (Å²) < 4.78 is 26.3. The van der Waals surface area contributed by atoms with E-state index in [1.54, 1.807) is 13.8 Å². The number of hydrogen-bond donors (Lipinski definition) is 0. The monoisotopic (exact) mass is 494 g/mol. The molecule has 0 N–H and O–H groups in total. The molecule has 0 aromatic carbocycles. The van der Waals surface area contributed by atoms with Crippen molar-refractivity contribution >= 4 is 71.5 Å². The second-order valence-corrected chi connectivity index (χ2v) is 11.6. The number of halogens is 4. The maximum atomic E-state index is 11.9. The summed E-state index contributed by atoms with van der Waals surface area (Å²) in [7, 11) is -3.51. The molecule has 0 aromatic rings. The Kier molecular flexibility index (Phi) is 8.47. The van der Waals surface area contributed by atoms with Gasteiger partial charge in [0.15, 0.2) is 7.16 Å². The summed E-state index contributed by atoms with van der Waals surface area (Å²) in [4.78, 5) is 0. The van der Waals surface area contributed by atoms with Crippen LogP contribution in [0.4, 0.5) is 0 Å². The maximum absolute atomic E-state index is 11.9. The summed E-state index contributed by atoms with van der Waals surface area (Å²) in [5, 5.41) is -0.631. The highest BCUT2D eigenvalue weighted by molar-refractivity contribution is 9.40. The quantitative estimate of drug-likeness (QED) is 0.393. The first kappa shape index (κ1) is 17.0. The molecule has 0 aliphatic heterocycles. The van der Waals surface area contributed by atoms with Crippen molar-refractivity contribution in [2.24, 2.45) is 0 Å². The van der Waals surface area contributed by atoms with Crippen molar-refractivity contribution in [1.82, 2.24) is 0 Å². The van der Waals surface area contributed by atoms with Crippen molar-refractivity contribution in [3.05, 3.63) is 0 Å². The lowest BCUT2D eigenvalue weighted by Gasteiger charge is -2.24. The molecule has 4 nitrogen and oxygen atoms in total. The lowest BCUT2D eigenvalue weighted by atomic mass is 10.9. The third kappa shape index (κ3) is 7.13. The van der Waals surface area contributed by atoms with Crippen LogP contribution in [0.25, 0.3) is 0 Å². The zero-order chi connectivity index (χ0) is 12.1. The van der Waals surface area contributed by atoms with Gasteiger partial charge in [-0.05, 0) is 13.8 Å². The zero-order valence-corrected chi connectivity index (χ0v) is 15.3. The predicted octanol–water partition coefficient (Wildman–Crippen LogP) is 4.74. The molecule has 0 rings (SSSR count). The number of alkyl halides is 4. The average Bonchev–Trinajstić information content (AvgIpc) is 2.02. The smallest absolute Gasteiger partial charge is 0.287 e. The van der Waals surface area contributed by atoms with E-state index < -0.39 is 15.0 Å². The van der Waals surface area contributed by atoms with Crippen molar-refractivity contribution in [1.29, 1.82) is 0 Å². The molecule has 9 heteroatoms. The third-order valence-corrected chi connectivity index (χ3v) is 6.92. The summed E-state index contributed by atoms with van der Waals surface area (Å²) in [6.07, 6.45) is 0. The van der Waals surface area contributed by atoms with Crippen LogP contribution in [0.1, 0.15) is 13.8 Å². The number of phosphoric acid groups is 1. The number of hydrogen-bond acceptors (Lipinski definition) is 4. The van der Waals surface area contributed by atoms with E-state index in [0.717, 1.165) is 0 Å². The van der Waals surface area contributed by atoms with Crippen LogP contribution >= 0.6 is 71.5 Å². The zero-order valence-electron chi connectivity index (χ0n) is 8.08. The van der Waals surface area contributed by atoms with Gasteiger partial charge in [-0.25, -0.2) is 4.57 Å². The van der Waals surface area contributed by atoms with Gasteiger partial charge in [0.05, 0.1) is 13.2 Å². The van der Waals surface area contributed by atoms with E-state index in [2.05, 4.69) is 63.7 Å². The van der Waals surface area contributed by atoms with Crippen molar-refractivity contribution < 1.29 is 18.1 Å². The van der Waals surface area contributed by atoms with E-state index >= 15 is 0 Å². The van der Waals surface area contributed by atoms with E-state index in [9.17, 15) is 4.57 Å². The molecule has 0 aromatic heterocycles. The maximum Gasteiger partial charge on any atom is 0.475 e. The fourth-order valence-electron chi connectivity index (χ4n) is 0.587. The van der Waals surface area contributed by atoms with Crippen LogP contribution in [-0.2, 0) is 18.1 Å². The van der Waals surface area contributed by atoms with Crippen LogP contribution in [0.2, 0.25) is 0 Å². The average molecular weight is 498 g/mol. The van der Waals surface area contributed by atoms with Crippen LogP contribution in [0.3, 0.4) is 0 Å². The Bertz CT molecular complexity index is 222. The minimum Gasteiger partial charge on any atom is -0.287 e. The summed E-state index contributed by atoms with van der Waals surface area (Å²) in [5.41, 5.74) is 0. The molecule has 0 aliphatic carbocycles. The van der Waals surface area contributed by atoms with Gasteiger partial charge in [-0.2, -0.15) is 0 Å².